The number of benzene rings is 1. The highest BCUT2D eigenvalue weighted by atomic mass is 35.5. The summed E-state index contributed by atoms with van der Waals surface area (Å²) >= 11 is 9.39. The molecule has 2 heterocycles. The Labute approximate surface area is 130 Å². The monoisotopic (exact) mass is 321 g/mol. The van der Waals surface area contributed by atoms with E-state index in [4.69, 9.17) is 17.3 Å². The zero-order valence-electron chi connectivity index (χ0n) is 10.8. The van der Waals surface area contributed by atoms with Crippen LogP contribution in [0.3, 0.4) is 0 Å². The molecule has 0 radical (unpaired) electrons. The van der Waals surface area contributed by atoms with Crippen molar-refractivity contribution in [3.8, 4) is 0 Å². The Kier molecular flexibility index (Phi) is 3.83. The van der Waals surface area contributed by atoms with Gasteiger partial charge in [-0.1, -0.05) is 42.4 Å². The standard InChI is InChI=1S/C14H12ClN3S2/c1-2-8-7-9-12(19-8)17-14(16)18-13(9)20-11-6-4-3-5-10(11)15/h3-7H,2H2,1H3,(H2,16,17,18). The van der Waals surface area contributed by atoms with Crippen molar-refractivity contribution in [3.05, 3.63) is 40.2 Å². The van der Waals surface area contributed by atoms with E-state index in [2.05, 4.69) is 23.0 Å². The van der Waals surface area contributed by atoms with Gasteiger partial charge in [0.15, 0.2) is 0 Å². The second kappa shape index (κ2) is 5.60. The van der Waals surface area contributed by atoms with E-state index in [9.17, 15) is 0 Å². The fourth-order valence-electron chi connectivity index (χ4n) is 1.84. The molecule has 0 bridgehead atoms. The molecule has 2 N–H and O–H groups in total. The van der Waals surface area contributed by atoms with Crippen LogP contribution in [-0.2, 0) is 6.42 Å². The van der Waals surface area contributed by atoms with E-state index in [1.54, 1.807) is 11.3 Å². The highest BCUT2D eigenvalue weighted by Gasteiger charge is 2.12. The van der Waals surface area contributed by atoms with Crippen molar-refractivity contribution < 1.29 is 0 Å². The number of halogens is 1. The van der Waals surface area contributed by atoms with Gasteiger partial charge in [0.2, 0.25) is 5.95 Å². The van der Waals surface area contributed by atoms with E-state index >= 15 is 0 Å². The summed E-state index contributed by atoms with van der Waals surface area (Å²) in [5.41, 5.74) is 5.81. The SMILES string of the molecule is CCc1cc2c(Sc3ccccc3Cl)nc(N)nc2s1. The molecule has 0 saturated heterocycles. The first-order valence-electron chi connectivity index (χ1n) is 6.15. The second-order valence-corrected chi connectivity index (χ2v) is 6.76. The Morgan fingerprint density at radius 2 is 2.10 bits per heavy atom. The molecule has 102 valence electrons. The predicted molar refractivity (Wildman–Crippen MR) is 86.8 cm³/mol. The van der Waals surface area contributed by atoms with Crippen LogP contribution in [0.5, 0.6) is 0 Å². The van der Waals surface area contributed by atoms with Crippen molar-refractivity contribution in [2.24, 2.45) is 0 Å². The molecule has 2 aromatic heterocycles. The number of aryl methyl sites for hydroxylation is 1. The maximum Gasteiger partial charge on any atom is 0.222 e. The van der Waals surface area contributed by atoms with Gasteiger partial charge < -0.3 is 5.73 Å². The molecule has 6 heteroatoms. The fraction of sp³-hybridized carbons (Fsp3) is 0.143. The first-order valence-corrected chi connectivity index (χ1v) is 8.16. The highest BCUT2D eigenvalue weighted by molar-refractivity contribution is 7.99. The summed E-state index contributed by atoms with van der Waals surface area (Å²) in [6.45, 7) is 2.13. The average Bonchev–Trinajstić information content (AvgIpc) is 2.84. The summed E-state index contributed by atoms with van der Waals surface area (Å²) in [7, 11) is 0. The summed E-state index contributed by atoms with van der Waals surface area (Å²) in [5.74, 6) is 0.302. The first-order chi connectivity index (χ1) is 9.67. The van der Waals surface area contributed by atoms with Gasteiger partial charge in [-0.25, -0.2) is 9.97 Å². The summed E-state index contributed by atoms with van der Waals surface area (Å²) in [4.78, 5) is 11.9. The molecule has 20 heavy (non-hydrogen) atoms. The topological polar surface area (TPSA) is 51.8 Å². The van der Waals surface area contributed by atoms with Crippen molar-refractivity contribution in [1.29, 1.82) is 0 Å². The molecule has 0 aliphatic heterocycles. The number of nitrogens with two attached hydrogens (primary N) is 1. The minimum absolute atomic E-state index is 0.302. The maximum atomic E-state index is 6.20. The van der Waals surface area contributed by atoms with Gasteiger partial charge in [0, 0.05) is 15.2 Å². The summed E-state index contributed by atoms with van der Waals surface area (Å²) in [6, 6.07) is 9.86. The molecule has 0 aliphatic rings. The number of aromatic nitrogens is 2. The third-order valence-electron chi connectivity index (χ3n) is 2.82. The van der Waals surface area contributed by atoms with E-state index in [1.165, 1.54) is 16.6 Å². The Bertz CT molecular complexity index is 770. The lowest BCUT2D eigenvalue weighted by Gasteiger charge is -2.05. The van der Waals surface area contributed by atoms with Crippen LogP contribution in [-0.4, -0.2) is 9.97 Å². The Morgan fingerprint density at radius 3 is 2.85 bits per heavy atom. The zero-order valence-corrected chi connectivity index (χ0v) is 13.1. The zero-order chi connectivity index (χ0) is 14.1. The van der Waals surface area contributed by atoms with Gasteiger partial charge in [0.05, 0.1) is 5.02 Å². The predicted octanol–water partition coefficient (Wildman–Crippen LogP) is 4.64. The molecule has 0 aliphatic carbocycles. The molecule has 0 unspecified atom stereocenters. The molecule has 3 rings (SSSR count). The fourth-order valence-corrected chi connectivity index (χ4v) is 4.06. The minimum atomic E-state index is 0.302. The molecule has 0 saturated carbocycles. The number of hydrogen-bond acceptors (Lipinski definition) is 5. The van der Waals surface area contributed by atoms with E-state index in [-0.39, 0.29) is 0 Å². The molecule has 3 nitrogen and oxygen atoms in total. The van der Waals surface area contributed by atoms with E-state index < -0.39 is 0 Å². The minimum Gasteiger partial charge on any atom is -0.368 e. The van der Waals surface area contributed by atoms with Gasteiger partial charge in [-0.2, -0.15) is 0 Å². The van der Waals surface area contributed by atoms with Crippen LogP contribution >= 0.6 is 34.7 Å². The van der Waals surface area contributed by atoms with Gasteiger partial charge in [-0.15, -0.1) is 11.3 Å². The Hall–Kier alpha value is -1.30. The van der Waals surface area contributed by atoms with Crippen LogP contribution in [0.4, 0.5) is 5.95 Å². The lowest BCUT2D eigenvalue weighted by atomic mass is 10.3. The molecular formula is C14H12ClN3S2. The molecule has 3 aromatic rings. The number of fused-ring (bicyclic) bond motifs is 1. The van der Waals surface area contributed by atoms with Crippen LogP contribution in [0.25, 0.3) is 10.2 Å². The summed E-state index contributed by atoms with van der Waals surface area (Å²) < 4.78 is 0. The van der Waals surface area contributed by atoms with Gasteiger partial charge in [-0.3, -0.25) is 0 Å². The van der Waals surface area contributed by atoms with Crippen molar-refractivity contribution in [3.63, 3.8) is 0 Å². The number of hydrogen-bond donors (Lipinski definition) is 1. The number of rotatable bonds is 3. The third kappa shape index (κ3) is 2.61. The molecule has 0 fully saturated rings. The van der Waals surface area contributed by atoms with Crippen LogP contribution in [0, 0.1) is 0 Å². The summed E-state index contributed by atoms with van der Waals surface area (Å²) in [6.07, 6.45) is 0.983. The van der Waals surface area contributed by atoms with Crippen LogP contribution < -0.4 is 5.73 Å². The summed E-state index contributed by atoms with van der Waals surface area (Å²) in [5, 5.41) is 2.62. The quantitative estimate of drug-likeness (QED) is 0.714. The number of anilines is 1. The largest absolute Gasteiger partial charge is 0.368 e. The van der Waals surface area contributed by atoms with Crippen molar-refractivity contribution >= 4 is 50.9 Å². The molecule has 0 atom stereocenters. The maximum absolute atomic E-state index is 6.20. The highest BCUT2D eigenvalue weighted by Crippen LogP contribution is 2.38. The van der Waals surface area contributed by atoms with Gasteiger partial charge in [0.1, 0.15) is 9.86 Å². The normalized spacial score (nSPS) is 11.1. The van der Waals surface area contributed by atoms with E-state index in [0.717, 1.165) is 26.6 Å². The van der Waals surface area contributed by atoms with Crippen LogP contribution in [0.2, 0.25) is 5.02 Å². The van der Waals surface area contributed by atoms with Crippen LogP contribution in [0.15, 0.2) is 40.3 Å². The Morgan fingerprint density at radius 1 is 1.30 bits per heavy atom. The third-order valence-corrected chi connectivity index (χ3v) is 5.51. The Balaban J connectivity index is 2.11. The molecule has 0 amide bonds. The van der Waals surface area contributed by atoms with Crippen molar-refractivity contribution in [1.82, 2.24) is 9.97 Å². The van der Waals surface area contributed by atoms with Gasteiger partial charge >= 0.3 is 0 Å². The second-order valence-electron chi connectivity index (χ2n) is 4.20. The lowest BCUT2D eigenvalue weighted by molar-refractivity contribution is 1.12. The van der Waals surface area contributed by atoms with Gasteiger partial charge in [-0.05, 0) is 24.6 Å². The number of thiophene rings is 1. The molecule has 1 aromatic carbocycles. The van der Waals surface area contributed by atoms with Crippen LogP contribution in [0.1, 0.15) is 11.8 Å². The van der Waals surface area contributed by atoms with Gasteiger partial charge in [0.25, 0.3) is 0 Å². The molecule has 0 spiro atoms. The van der Waals surface area contributed by atoms with E-state index in [0.29, 0.717) is 11.0 Å². The number of nitrogens with zero attached hydrogens (tertiary/aromatic N) is 2. The lowest BCUT2D eigenvalue weighted by Crippen LogP contribution is -1.95. The molecular weight excluding hydrogens is 310 g/mol. The first kappa shape index (κ1) is 13.7. The van der Waals surface area contributed by atoms with Crippen molar-refractivity contribution in [2.75, 3.05) is 5.73 Å². The average molecular weight is 322 g/mol. The number of nitrogen functional groups attached to an aromatic ring is 1. The smallest absolute Gasteiger partial charge is 0.222 e. The van der Waals surface area contributed by atoms with Crippen molar-refractivity contribution in [2.45, 2.75) is 23.3 Å². The van der Waals surface area contributed by atoms with E-state index in [1.807, 2.05) is 24.3 Å².